The normalized spacial score (nSPS) is 10.5. The van der Waals surface area contributed by atoms with Gasteiger partial charge in [0.15, 0.2) is 0 Å². The molecule has 0 aliphatic carbocycles. The van der Waals surface area contributed by atoms with Gasteiger partial charge < -0.3 is 15.0 Å². The number of esters is 1. The van der Waals surface area contributed by atoms with Crippen LogP contribution in [-0.2, 0) is 4.74 Å². The maximum atomic E-state index is 12.8. The summed E-state index contributed by atoms with van der Waals surface area (Å²) in [5.41, 5.74) is 1.17. The van der Waals surface area contributed by atoms with Gasteiger partial charge in [-0.3, -0.25) is 9.59 Å². The van der Waals surface area contributed by atoms with Crippen LogP contribution in [0.15, 0.2) is 28.7 Å². The number of nitrogens with one attached hydrogen (secondary N) is 1. The van der Waals surface area contributed by atoms with E-state index in [0.717, 1.165) is 11.3 Å². The summed E-state index contributed by atoms with van der Waals surface area (Å²) in [6.45, 7) is 8.51. The van der Waals surface area contributed by atoms with Gasteiger partial charge in [-0.1, -0.05) is 12.1 Å². The van der Waals surface area contributed by atoms with E-state index in [0.29, 0.717) is 38.6 Å². The molecule has 0 bridgehead atoms. The van der Waals surface area contributed by atoms with Crippen molar-refractivity contribution < 1.29 is 19.1 Å². The van der Waals surface area contributed by atoms with E-state index < -0.39 is 5.97 Å². The Kier molecular flexibility index (Phi) is 7.77. The van der Waals surface area contributed by atoms with Crippen LogP contribution in [0.1, 0.15) is 56.7 Å². The van der Waals surface area contributed by atoms with Crippen LogP contribution in [0.2, 0.25) is 0 Å². The minimum Gasteiger partial charge on any atom is -0.462 e. The first kappa shape index (κ1) is 22.1. The average molecular weight is 467 g/mol. The number of amides is 2. The van der Waals surface area contributed by atoms with Crippen molar-refractivity contribution in [3.8, 4) is 0 Å². The van der Waals surface area contributed by atoms with Gasteiger partial charge in [0.25, 0.3) is 11.8 Å². The highest BCUT2D eigenvalue weighted by Gasteiger charge is 2.28. The Morgan fingerprint density at radius 1 is 1.14 bits per heavy atom. The van der Waals surface area contributed by atoms with Crippen molar-refractivity contribution >= 4 is 50.1 Å². The van der Waals surface area contributed by atoms with E-state index in [2.05, 4.69) is 21.2 Å². The number of hydrogen-bond acceptors (Lipinski definition) is 5. The first-order valence-electron chi connectivity index (χ1n) is 9.01. The molecule has 2 aromatic rings. The highest BCUT2D eigenvalue weighted by atomic mass is 79.9. The standard InChI is InChI=1S/C20H23BrN2O4S/c1-5-23(6-2)19(25)16-12(4)15(20(26)27-7-3)18(28-16)22-17(24)13-10-8-9-11-14(13)21/h8-11H,5-7H2,1-4H3,(H,22,24). The quantitative estimate of drug-likeness (QED) is 0.598. The lowest BCUT2D eigenvalue weighted by Gasteiger charge is -2.18. The predicted molar refractivity (Wildman–Crippen MR) is 114 cm³/mol. The molecular formula is C20H23BrN2O4S. The number of hydrogen-bond donors (Lipinski definition) is 1. The van der Waals surface area contributed by atoms with Gasteiger partial charge in [-0.05, 0) is 61.3 Å². The Bertz CT molecular complexity index is 890. The van der Waals surface area contributed by atoms with Crippen LogP contribution in [0.3, 0.4) is 0 Å². The van der Waals surface area contributed by atoms with E-state index in [-0.39, 0.29) is 24.0 Å². The predicted octanol–water partition coefficient (Wildman–Crippen LogP) is 4.73. The monoisotopic (exact) mass is 466 g/mol. The minimum absolute atomic E-state index is 0.167. The van der Waals surface area contributed by atoms with Crippen molar-refractivity contribution in [3.63, 3.8) is 0 Å². The fraction of sp³-hybridized carbons (Fsp3) is 0.350. The molecule has 0 fully saturated rings. The summed E-state index contributed by atoms with van der Waals surface area (Å²) in [5, 5.41) is 3.09. The minimum atomic E-state index is -0.558. The first-order chi connectivity index (χ1) is 13.3. The molecule has 28 heavy (non-hydrogen) atoms. The Balaban J connectivity index is 2.48. The summed E-state index contributed by atoms with van der Waals surface area (Å²) in [5.74, 6) is -1.10. The van der Waals surface area contributed by atoms with Crippen LogP contribution in [0.25, 0.3) is 0 Å². The fourth-order valence-corrected chi connectivity index (χ4v) is 4.35. The number of benzene rings is 1. The zero-order chi connectivity index (χ0) is 20.8. The van der Waals surface area contributed by atoms with Gasteiger partial charge in [0.2, 0.25) is 0 Å². The van der Waals surface area contributed by atoms with Crippen molar-refractivity contribution in [1.82, 2.24) is 4.90 Å². The second-order valence-corrected chi connectivity index (χ2v) is 7.77. The van der Waals surface area contributed by atoms with Crippen LogP contribution in [0.5, 0.6) is 0 Å². The van der Waals surface area contributed by atoms with Crippen molar-refractivity contribution in [1.29, 1.82) is 0 Å². The molecule has 0 aliphatic heterocycles. The number of thiophene rings is 1. The Labute approximate surface area is 177 Å². The molecule has 0 spiro atoms. The smallest absolute Gasteiger partial charge is 0.341 e. The summed E-state index contributed by atoms with van der Waals surface area (Å²) < 4.78 is 5.79. The molecule has 150 valence electrons. The van der Waals surface area contributed by atoms with E-state index in [4.69, 9.17) is 4.74 Å². The maximum absolute atomic E-state index is 12.8. The third-order valence-corrected chi connectivity index (χ3v) is 6.10. The van der Waals surface area contributed by atoms with Crippen LogP contribution >= 0.6 is 27.3 Å². The Morgan fingerprint density at radius 3 is 2.36 bits per heavy atom. The van der Waals surface area contributed by atoms with Gasteiger partial charge in [-0.15, -0.1) is 11.3 Å². The summed E-state index contributed by atoms with van der Waals surface area (Å²) >= 11 is 4.45. The molecular weight excluding hydrogens is 444 g/mol. The van der Waals surface area contributed by atoms with Gasteiger partial charge in [-0.2, -0.15) is 0 Å². The lowest BCUT2D eigenvalue weighted by molar-refractivity contribution is 0.0527. The molecule has 1 aromatic heterocycles. The number of ether oxygens (including phenoxy) is 1. The van der Waals surface area contributed by atoms with E-state index in [9.17, 15) is 14.4 Å². The highest BCUT2D eigenvalue weighted by Crippen LogP contribution is 2.35. The van der Waals surface area contributed by atoms with Crippen LogP contribution in [-0.4, -0.2) is 42.4 Å². The lowest BCUT2D eigenvalue weighted by Crippen LogP contribution is -2.30. The SMILES string of the molecule is CCOC(=O)c1c(NC(=O)c2ccccc2Br)sc(C(=O)N(CC)CC)c1C. The van der Waals surface area contributed by atoms with E-state index >= 15 is 0 Å². The number of carbonyl (C=O) groups excluding carboxylic acids is 3. The number of halogens is 1. The van der Waals surface area contributed by atoms with Gasteiger partial charge in [0.05, 0.1) is 22.6 Å². The molecule has 0 atom stereocenters. The van der Waals surface area contributed by atoms with Crippen molar-refractivity contribution in [2.75, 3.05) is 25.0 Å². The van der Waals surface area contributed by atoms with E-state index in [1.54, 1.807) is 43.0 Å². The first-order valence-corrected chi connectivity index (χ1v) is 10.6. The van der Waals surface area contributed by atoms with Gasteiger partial charge in [0, 0.05) is 17.6 Å². The molecule has 0 unspecified atom stereocenters. The largest absolute Gasteiger partial charge is 0.462 e. The van der Waals surface area contributed by atoms with Gasteiger partial charge in [0.1, 0.15) is 5.00 Å². The molecule has 2 rings (SSSR count). The maximum Gasteiger partial charge on any atom is 0.341 e. The van der Waals surface area contributed by atoms with Crippen LogP contribution in [0.4, 0.5) is 5.00 Å². The molecule has 1 aromatic carbocycles. The van der Waals surface area contributed by atoms with Crippen molar-refractivity contribution in [3.05, 3.63) is 50.3 Å². The topological polar surface area (TPSA) is 75.7 Å². The zero-order valence-corrected chi connectivity index (χ0v) is 18.7. The van der Waals surface area contributed by atoms with Crippen molar-refractivity contribution in [2.45, 2.75) is 27.7 Å². The van der Waals surface area contributed by atoms with Crippen LogP contribution in [0, 0.1) is 6.92 Å². The Hall–Kier alpha value is -2.19. The number of carbonyl (C=O) groups is 3. The summed E-state index contributed by atoms with van der Waals surface area (Å²) in [7, 11) is 0. The fourth-order valence-electron chi connectivity index (χ4n) is 2.72. The number of anilines is 1. The molecule has 8 heteroatoms. The summed E-state index contributed by atoms with van der Waals surface area (Å²) in [6.07, 6.45) is 0. The molecule has 0 saturated heterocycles. The average Bonchev–Trinajstić information content (AvgIpc) is 2.99. The zero-order valence-electron chi connectivity index (χ0n) is 16.3. The lowest BCUT2D eigenvalue weighted by atomic mass is 10.1. The molecule has 6 nitrogen and oxygen atoms in total. The summed E-state index contributed by atoms with van der Waals surface area (Å²) in [6, 6.07) is 6.99. The van der Waals surface area contributed by atoms with Crippen molar-refractivity contribution in [2.24, 2.45) is 0 Å². The molecule has 0 radical (unpaired) electrons. The third kappa shape index (κ3) is 4.62. The Morgan fingerprint density at radius 2 is 1.79 bits per heavy atom. The molecule has 1 N–H and O–H groups in total. The molecule has 1 heterocycles. The second kappa shape index (κ2) is 9.84. The molecule has 2 amide bonds. The molecule has 0 saturated carbocycles. The third-order valence-electron chi connectivity index (χ3n) is 4.22. The van der Waals surface area contributed by atoms with Gasteiger partial charge >= 0.3 is 5.97 Å². The summed E-state index contributed by atoms with van der Waals surface area (Å²) in [4.78, 5) is 40.2. The van der Waals surface area contributed by atoms with Gasteiger partial charge in [-0.25, -0.2) is 4.79 Å². The second-order valence-electron chi connectivity index (χ2n) is 5.89. The van der Waals surface area contributed by atoms with E-state index in [1.807, 2.05) is 13.8 Å². The van der Waals surface area contributed by atoms with Crippen LogP contribution < -0.4 is 5.32 Å². The van der Waals surface area contributed by atoms with E-state index in [1.165, 1.54) is 0 Å². The number of nitrogens with zero attached hydrogens (tertiary/aromatic N) is 1. The highest BCUT2D eigenvalue weighted by molar-refractivity contribution is 9.10. The molecule has 0 aliphatic rings. The number of rotatable bonds is 7.